The number of amides is 1. The first-order valence-corrected chi connectivity index (χ1v) is 11.5. The van der Waals surface area contributed by atoms with E-state index in [1.165, 1.54) is 18.2 Å². The van der Waals surface area contributed by atoms with E-state index in [4.69, 9.17) is 4.74 Å². The molecule has 10 heteroatoms. The lowest BCUT2D eigenvalue weighted by atomic mass is 9.88. The van der Waals surface area contributed by atoms with Crippen LogP contribution in [0.3, 0.4) is 0 Å². The van der Waals surface area contributed by atoms with Crippen molar-refractivity contribution in [3.8, 4) is 16.9 Å². The van der Waals surface area contributed by atoms with Gasteiger partial charge in [-0.2, -0.15) is 13.2 Å². The fourth-order valence-corrected chi connectivity index (χ4v) is 3.68. The van der Waals surface area contributed by atoms with Gasteiger partial charge in [-0.25, -0.2) is 4.39 Å². The lowest BCUT2D eigenvalue weighted by molar-refractivity contribution is -0.181. The highest BCUT2D eigenvalue weighted by atomic mass is 79.9. The molecule has 0 aliphatic heterocycles. The predicted octanol–water partition coefficient (Wildman–Crippen LogP) is 6.77. The molecule has 0 aliphatic rings. The van der Waals surface area contributed by atoms with Crippen molar-refractivity contribution in [3.63, 3.8) is 0 Å². The first-order chi connectivity index (χ1) is 16.3. The van der Waals surface area contributed by atoms with Gasteiger partial charge < -0.3 is 10.1 Å². The summed E-state index contributed by atoms with van der Waals surface area (Å²) >= 11 is 3.18. The minimum Gasteiger partial charge on any atom is -0.493 e. The van der Waals surface area contributed by atoms with Crippen LogP contribution < -0.4 is 10.1 Å². The van der Waals surface area contributed by atoms with E-state index in [0.29, 0.717) is 23.5 Å². The molecule has 1 aromatic carbocycles. The highest BCUT2D eigenvalue weighted by molar-refractivity contribution is 9.10. The Labute approximate surface area is 209 Å². The number of anilines is 1. The number of nitrogens with one attached hydrogen (secondary N) is 1. The van der Waals surface area contributed by atoms with E-state index in [1.807, 2.05) is 13.8 Å². The van der Waals surface area contributed by atoms with Crippen LogP contribution in [0, 0.1) is 12.7 Å². The normalized spacial score (nSPS) is 11.9. The van der Waals surface area contributed by atoms with Gasteiger partial charge in [0.15, 0.2) is 0 Å². The number of hydrogen-bond donors (Lipinski definition) is 1. The molecule has 3 aromatic rings. The van der Waals surface area contributed by atoms with E-state index in [9.17, 15) is 22.4 Å². The molecule has 186 valence electrons. The fraction of sp³-hybridized carbons (Fsp3) is 0.320. The molecule has 0 spiro atoms. The summed E-state index contributed by atoms with van der Waals surface area (Å²) in [5.74, 6) is -0.548. The van der Waals surface area contributed by atoms with Gasteiger partial charge in [0.05, 0.1) is 30.6 Å². The second kappa shape index (κ2) is 10.3. The molecule has 0 radical (unpaired) electrons. The van der Waals surface area contributed by atoms with E-state index >= 15 is 0 Å². The average molecular weight is 554 g/mol. The molecular formula is C25H24BrF4N3O2. The number of nitrogens with zero attached hydrogens (tertiary/aromatic N) is 2. The Kier molecular flexibility index (Phi) is 7.83. The molecule has 0 atom stereocenters. The van der Waals surface area contributed by atoms with Crippen LogP contribution in [-0.4, -0.2) is 28.7 Å². The molecule has 2 heterocycles. The Hall–Kier alpha value is -3.01. The lowest BCUT2D eigenvalue weighted by Gasteiger charge is -2.27. The second-order valence-electron chi connectivity index (χ2n) is 8.46. The number of carbonyl (C=O) groups is 1. The van der Waals surface area contributed by atoms with Crippen LogP contribution >= 0.6 is 15.9 Å². The van der Waals surface area contributed by atoms with E-state index < -0.39 is 23.3 Å². The van der Waals surface area contributed by atoms with Crippen molar-refractivity contribution >= 4 is 27.5 Å². The Morgan fingerprint density at radius 3 is 2.43 bits per heavy atom. The number of benzene rings is 1. The largest absolute Gasteiger partial charge is 0.493 e. The molecule has 2 aromatic heterocycles. The number of ether oxygens (including phenoxy) is 1. The van der Waals surface area contributed by atoms with Gasteiger partial charge in [0.2, 0.25) is 5.91 Å². The quantitative estimate of drug-likeness (QED) is 0.328. The number of hydrogen-bond acceptors (Lipinski definition) is 4. The molecule has 0 fully saturated rings. The van der Waals surface area contributed by atoms with Crippen molar-refractivity contribution in [1.29, 1.82) is 0 Å². The van der Waals surface area contributed by atoms with Gasteiger partial charge in [0, 0.05) is 28.0 Å². The van der Waals surface area contributed by atoms with Crippen molar-refractivity contribution in [3.05, 3.63) is 70.0 Å². The summed E-state index contributed by atoms with van der Waals surface area (Å²) in [5.41, 5.74) is -0.0846. The van der Waals surface area contributed by atoms with E-state index in [2.05, 4.69) is 31.2 Å². The van der Waals surface area contributed by atoms with Gasteiger partial charge >= 0.3 is 6.18 Å². The summed E-state index contributed by atoms with van der Waals surface area (Å²) in [4.78, 5) is 20.6. The Morgan fingerprint density at radius 2 is 1.83 bits per heavy atom. The smallest absolute Gasteiger partial charge is 0.399 e. The highest BCUT2D eigenvalue weighted by Gasteiger charge is 2.49. The number of alkyl halides is 3. The molecule has 35 heavy (non-hydrogen) atoms. The summed E-state index contributed by atoms with van der Waals surface area (Å²) in [6.45, 7) is 6.16. The van der Waals surface area contributed by atoms with Gasteiger partial charge in [0.25, 0.3) is 0 Å². The van der Waals surface area contributed by atoms with E-state index in [1.54, 1.807) is 18.3 Å². The molecule has 0 saturated carbocycles. The maximum absolute atomic E-state index is 14.8. The van der Waals surface area contributed by atoms with Crippen LogP contribution in [-0.2, 0) is 16.6 Å². The third-order valence-electron chi connectivity index (χ3n) is 5.49. The number of aryl methyl sites for hydroxylation is 1. The Bertz CT molecular complexity index is 1250. The third kappa shape index (κ3) is 5.98. The maximum Gasteiger partial charge on any atom is 0.399 e. The summed E-state index contributed by atoms with van der Waals surface area (Å²) in [6, 6.07) is 7.46. The van der Waals surface area contributed by atoms with Crippen LogP contribution in [0.15, 0.2) is 47.2 Å². The lowest BCUT2D eigenvalue weighted by Crippen LogP contribution is -2.37. The summed E-state index contributed by atoms with van der Waals surface area (Å²) in [7, 11) is 0. The average Bonchev–Trinajstić information content (AvgIpc) is 2.76. The van der Waals surface area contributed by atoms with Crippen molar-refractivity contribution < 1.29 is 27.1 Å². The van der Waals surface area contributed by atoms with Crippen LogP contribution in [0.1, 0.15) is 37.7 Å². The third-order valence-corrected chi connectivity index (χ3v) is 6.15. The second-order valence-corrected chi connectivity index (χ2v) is 9.31. The molecule has 1 N–H and O–H groups in total. The zero-order valence-electron chi connectivity index (χ0n) is 19.6. The molecule has 0 saturated heterocycles. The molecule has 3 rings (SSSR count). The predicted molar refractivity (Wildman–Crippen MR) is 129 cm³/mol. The zero-order valence-corrected chi connectivity index (χ0v) is 21.1. The number of pyridine rings is 2. The van der Waals surface area contributed by atoms with Crippen LogP contribution in [0.25, 0.3) is 11.1 Å². The van der Waals surface area contributed by atoms with Crippen LogP contribution in [0.2, 0.25) is 0 Å². The molecule has 5 nitrogen and oxygen atoms in total. The number of carbonyl (C=O) groups excluding carboxylic acids is 1. The van der Waals surface area contributed by atoms with Gasteiger partial charge in [0.1, 0.15) is 17.0 Å². The van der Waals surface area contributed by atoms with Gasteiger partial charge in [-0.3, -0.25) is 14.8 Å². The summed E-state index contributed by atoms with van der Waals surface area (Å²) in [6.07, 6.45) is -2.02. The number of halogens is 5. The van der Waals surface area contributed by atoms with Crippen LogP contribution in [0.5, 0.6) is 5.75 Å². The SMILES string of the molecule is CCOc1cc(C)ncc1-c1ccc(CC(=O)Nc2cnc(C(C)(C)C(F)(F)F)cc2Br)c(F)c1. The van der Waals surface area contributed by atoms with Crippen LogP contribution in [0.4, 0.5) is 23.2 Å². The Morgan fingerprint density at radius 1 is 1.11 bits per heavy atom. The maximum atomic E-state index is 14.8. The van der Waals surface area contributed by atoms with Crippen molar-refractivity contribution in [2.75, 3.05) is 11.9 Å². The van der Waals surface area contributed by atoms with Crippen molar-refractivity contribution in [1.82, 2.24) is 9.97 Å². The van der Waals surface area contributed by atoms with E-state index in [0.717, 1.165) is 25.7 Å². The molecule has 0 bridgehead atoms. The first-order valence-electron chi connectivity index (χ1n) is 10.7. The monoisotopic (exact) mass is 553 g/mol. The van der Waals surface area contributed by atoms with Gasteiger partial charge in [-0.1, -0.05) is 12.1 Å². The number of aromatic nitrogens is 2. The van der Waals surface area contributed by atoms with Crippen molar-refractivity contribution in [2.24, 2.45) is 0 Å². The number of rotatable bonds is 7. The fourth-order valence-electron chi connectivity index (χ4n) is 3.26. The minimum atomic E-state index is -4.49. The highest BCUT2D eigenvalue weighted by Crippen LogP contribution is 2.41. The molecular weight excluding hydrogens is 530 g/mol. The van der Waals surface area contributed by atoms with Gasteiger partial charge in [-0.15, -0.1) is 0 Å². The standard InChI is InChI=1S/C25H24BrF4N3O2/c1-5-35-21-8-14(2)31-12-17(21)15-6-7-16(19(27)9-15)10-23(34)33-20-13-32-22(11-18(20)26)24(3,4)25(28,29)30/h6-9,11-13H,5,10H2,1-4H3,(H,33,34). The summed E-state index contributed by atoms with van der Waals surface area (Å²) in [5, 5.41) is 2.56. The minimum absolute atomic E-state index is 0.156. The van der Waals surface area contributed by atoms with E-state index in [-0.39, 0.29) is 27.8 Å². The first kappa shape index (κ1) is 26.6. The summed E-state index contributed by atoms with van der Waals surface area (Å²) < 4.78 is 60.6. The topological polar surface area (TPSA) is 64.1 Å². The molecule has 0 aliphatic carbocycles. The Balaban J connectivity index is 1.76. The van der Waals surface area contributed by atoms with Gasteiger partial charge in [-0.05, 0) is 66.9 Å². The zero-order chi connectivity index (χ0) is 26.0. The molecule has 0 unspecified atom stereocenters. The van der Waals surface area contributed by atoms with Crippen molar-refractivity contribution in [2.45, 2.75) is 45.7 Å². The molecule has 1 amide bonds.